The molecule has 1 atom stereocenters. The van der Waals surface area contributed by atoms with E-state index in [-0.39, 0.29) is 5.82 Å². The van der Waals surface area contributed by atoms with Gasteiger partial charge in [0.2, 0.25) is 0 Å². The maximum absolute atomic E-state index is 13.1. The summed E-state index contributed by atoms with van der Waals surface area (Å²) in [7, 11) is 2.14. The predicted octanol–water partition coefficient (Wildman–Crippen LogP) is 2.55. The van der Waals surface area contributed by atoms with Gasteiger partial charge < -0.3 is 4.90 Å². The SMILES string of the molecule is Cc1cc(C2CCN(C)C2)ccc1F. The topological polar surface area (TPSA) is 3.24 Å². The minimum atomic E-state index is -0.0971. The molecule has 2 rings (SSSR count). The van der Waals surface area contributed by atoms with Gasteiger partial charge in [0.25, 0.3) is 0 Å². The van der Waals surface area contributed by atoms with Gasteiger partial charge in [-0.3, -0.25) is 0 Å². The van der Waals surface area contributed by atoms with Crippen molar-refractivity contribution in [2.24, 2.45) is 0 Å². The summed E-state index contributed by atoms with van der Waals surface area (Å²) in [4.78, 5) is 2.32. The van der Waals surface area contributed by atoms with E-state index in [0.29, 0.717) is 5.92 Å². The molecule has 1 aromatic rings. The molecule has 0 saturated carbocycles. The fraction of sp³-hybridized carbons (Fsp3) is 0.500. The van der Waals surface area contributed by atoms with E-state index in [0.717, 1.165) is 18.7 Å². The molecule has 1 aliphatic heterocycles. The lowest BCUT2D eigenvalue weighted by molar-refractivity contribution is 0.411. The van der Waals surface area contributed by atoms with Gasteiger partial charge in [0.05, 0.1) is 0 Å². The van der Waals surface area contributed by atoms with Crippen LogP contribution in [0.15, 0.2) is 18.2 Å². The Morgan fingerprint density at radius 3 is 2.79 bits per heavy atom. The van der Waals surface area contributed by atoms with Crippen LogP contribution in [0, 0.1) is 12.7 Å². The summed E-state index contributed by atoms with van der Waals surface area (Å²) in [6, 6.07) is 5.49. The molecule has 1 saturated heterocycles. The quantitative estimate of drug-likeness (QED) is 0.662. The van der Waals surface area contributed by atoms with E-state index in [1.165, 1.54) is 12.0 Å². The van der Waals surface area contributed by atoms with Crippen molar-refractivity contribution in [1.29, 1.82) is 0 Å². The summed E-state index contributed by atoms with van der Waals surface area (Å²) >= 11 is 0. The highest BCUT2D eigenvalue weighted by Crippen LogP contribution is 2.27. The number of likely N-dealkylation sites (tertiary alicyclic amines) is 1. The molecule has 0 aliphatic carbocycles. The number of nitrogens with zero attached hydrogens (tertiary/aromatic N) is 1. The van der Waals surface area contributed by atoms with Crippen LogP contribution in [0.1, 0.15) is 23.5 Å². The number of likely N-dealkylation sites (N-methyl/N-ethyl adjacent to an activating group) is 1. The Balaban J connectivity index is 2.20. The molecule has 1 nitrogen and oxygen atoms in total. The summed E-state index contributed by atoms with van der Waals surface area (Å²) in [5.74, 6) is 0.499. The summed E-state index contributed by atoms with van der Waals surface area (Å²) < 4.78 is 13.1. The molecule has 76 valence electrons. The smallest absolute Gasteiger partial charge is 0.126 e. The first-order valence-electron chi connectivity index (χ1n) is 5.11. The average molecular weight is 193 g/mol. The Kier molecular flexibility index (Phi) is 2.55. The van der Waals surface area contributed by atoms with E-state index in [2.05, 4.69) is 11.9 Å². The molecule has 0 spiro atoms. The minimum Gasteiger partial charge on any atom is -0.306 e. The van der Waals surface area contributed by atoms with E-state index >= 15 is 0 Å². The Bertz CT molecular complexity index is 335. The third-order valence-electron chi connectivity index (χ3n) is 3.04. The molecule has 0 N–H and O–H groups in total. The number of aryl methyl sites for hydroxylation is 1. The number of benzene rings is 1. The van der Waals surface area contributed by atoms with Gasteiger partial charge >= 0.3 is 0 Å². The highest BCUT2D eigenvalue weighted by atomic mass is 19.1. The molecule has 0 amide bonds. The van der Waals surface area contributed by atoms with Crippen LogP contribution in [0.5, 0.6) is 0 Å². The molecular weight excluding hydrogens is 177 g/mol. The molecule has 1 fully saturated rings. The van der Waals surface area contributed by atoms with Crippen molar-refractivity contribution in [3.05, 3.63) is 35.1 Å². The van der Waals surface area contributed by atoms with Gasteiger partial charge in [-0.2, -0.15) is 0 Å². The summed E-state index contributed by atoms with van der Waals surface area (Å²) in [6.45, 7) is 4.09. The second-order valence-electron chi connectivity index (χ2n) is 4.26. The lowest BCUT2D eigenvalue weighted by atomic mass is 9.97. The predicted molar refractivity (Wildman–Crippen MR) is 56.0 cm³/mol. The second-order valence-corrected chi connectivity index (χ2v) is 4.26. The first-order valence-corrected chi connectivity index (χ1v) is 5.11. The maximum atomic E-state index is 13.1. The molecular formula is C12H16FN. The maximum Gasteiger partial charge on any atom is 0.126 e. The molecule has 0 bridgehead atoms. The van der Waals surface area contributed by atoms with Crippen molar-refractivity contribution in [1.82, 2.24) is 4.90 Å². The summed E-state index contributed by atoms with van der Waals surface area (Å²) in [5.41, 5.74) is 2.05. The fourth-order valence-corrected chi connectivity index (χ4v) is 2.13. The fourth-order valence-electron chi connectivity index (χ4n) is 2.13. The van der Waals surface area contributed by atoms with Crippen LogP contribution in [-0.2, 0) is 0 Å². The standard InChI is InChI=1S/C12H16FN/c1-9-7-10(3-4-12(9)13)11-5-6-14(2)8-11/h3-4,7,11H,5-6,8H2,1-2H3. The molecule has 14 heavy (non-hydrogen) atoms. The van der Waals surface area contributed by atoms with Crippen molar-refractivity contribution in [2.75, 3.05) is 20.1 Å². The monoisotopic (exact) mass is 193 g/mol. The zero-order chi connectivity index (χ0) is 10.1. The minimum absolute atomic E-state index is 0.0971. The zero-order valence-electron chi connectivity index (χ0n) is 8.76. The first kappa shape index (κ1) is 9.66. The Morgan fingerprint density at radius 2 is 2.21 bits per heavy atom. The van der Waals surface area contributed by atoms with Gasteiger partial charge in [0.15, 0.2) is 0 Å². The van der Waals surface area contributed by atoms with Crippen LogP contribution in [0.2, 0.25) is 0 Å². The van der Waals surface area contributed by atoms with Gasteiger partial charge in [0.1, 0.15) is 5.82 Å². The lowest BCUT2D eigenvalue weighted by Crippen LogP contribution is -2.13. The lowest BCUT2D eigenvalue weighted by Gasteiger charge is -2.11. The zero-order valence-corrected chi connectivity index (χ0v) is 8.76. The van der Waals surface area contributed by atoms with Crippen molar-refractivity contribution >= 4 is 0 Å². The third-order valence-corrected chi connectivity index (χ3v) is 3.04. The molecule has 2 heteroatoms. The van der Waals surface area contributed by atoms with E-state index < -0.39 is 0 Å². The first-order chi connectivity index (χ1) is 6.66. The third kappa shape index (κ3) is 1.80. The molecule has 1 aliphatic rings. The number of halogens is 1. The number of hydrogen-bond acceptors (Lipinski definition) is 1. The second kappa shape index (κ2) is 3.70. The van der Waals surface area contributed by atoms with E-state index in [1.807, 2.05) is 19.1 Å². The normalized spacial score (nSPS) is 22.9. The van der Waals surface area contributed by atoms with Gasteiger partial charge in [-0.05, 0) is 50.0 Å². The molecule has 1 aromatic carbocycles. The van der Waals surface area contributed by atoms with E-state index in [4.69, 9.17) is 0 Å². The van der Waals surface area contributed by atoms with Crippen molar-refractivity contribution in [2.45, 2.75) is 19.3 Å². The summed E-state index contributed by atoms with van der Waals surface area (Å²) in [5, 5.41) is 0. The molecule has 1 heterocycles. The van der Waals surface area contributed by atoms with Crippen LogP contribution in [0.3, 0.4) is 0 Å². The van der Waals surface area contributed by atoms with Gasteiger partial charge in [0, 0.05) is 6.54 Å². The molecule has 1 unspecified atom stereocenters. The summed E-state index contributed by atoms with van der Waals surface area (Å²) in [6.07, 6.45) is 1.20. The van der Waals surface area contributed by atoms with Crippen LogP contribution >= 0.6 is 0 Å². The van der Waals surface area contributed by atoms with Gasteiger partial charge in [-0.25, -0.2) is 4.39 Å². The van der Waals surface area contributed by atoms with Crippen molar-refractivity contribution in [3.8, 4) is 0 Å². The average Bonchev–Trinajstić information content (AvgIpc) is 2.57. The van der Waals surface area contributed by atoms with Crippen LogP contribution in [0.25, 0.3) is 0 Å². The number of rotatable bonds is 1. The van der Waals surface area contributed by atoms with Crippen LogP contribution in [-0.4, -0.2) is 25.0 Å². The largest absolute Gasteiger partial charge is 0.306 e. The Labute approximate surface area is 84.5 Å². The highest BCUT2D eigenvalue weighted by Gasteiger charge is 2.21. The van der Waals surface area contributed by atoms with Gasteiger partial charge in [-0.15, -0.1) is 0 Å². The highest BCUT2D eigenvalue weighted by molar-refractivity contribution is 5.27. The van der Waals surface area contributed by atoms with E-state index in [1.54, 1.807) is 6.07 Å². The Morgan fingerprint density at radius 1 is 1.43 bits per heavy atom. The van der Waals surface area contributed by atoms with E-state index in [9.17, 15) is 4.39 Å². The van der Waals surface area contributed by atoms with Crippen molar-refractivity contribution < 1.29 is 4.39 Å². The number of hydrogen-bond donors (Lipinski definition) is 0. The molecule has 0 aromatic heterocycles. The van der Waals surface area contributed by atoms with Crippen LogP contribution in [0.4, 0.5) is 4.39 Å². The van der Waals surface area contributed by atoms with Crippen LogP contribution < -0.4 is 0 Å². The molecule has 0 radical (unpaired) electrons. The Hall–Kier alpha value is -0.890. The van der Waals surface area contributed by atoms with Gasteiger partial charge in [-0.1, -0.05) is 12.1 Å². The van der Waals surface area contributed by atoms with Crippen molar-refractivity contribution in [3.63, 3.8) is 0 Å².